The average molecular weight is 372 g/mol. The Hall–Kier alpha value is -2.60. The maximum Gasteiger partial charge on any atom is 0.262 e. The van der Waals surface area contributed by atoms with E-state index in [1.165, 1.54) is 6.07 Å². The Morgan fingerprint density at radius 1 is 1.08 bits per heavy atom. The van der Waals surface area contributed by atoms with Crippen LogP contribution in [0.5, 0.6) is 0 Å². The van der Waals surface area contributed by atoms with Crippen LogP contribution in [0, 0.1) is 13.8 Å². The first-order chi connectivity index (χ1) is 12.2. The summed E-state index contributed by atoms with van der Waals surface area (Å²) >= 11 is 0. The highest BCUT2D eigenvalue weighted by Gasteiger charge is 2.18. The van der Waals surface area contributed by atoms with E-state index < -0.39 is 10.0 Å². The van der Waals surface area contributed by atoms with Gasteiger partial charge in [-0.3, -0.25) is 9.52 Å². The van der Waals surface area contributed by atoms with E-state index in [1.54, 1.807) is 44.2 Å². The number of hydrogen-bond acceptors (Lipinski definition) is 3. The van der Waals surface area contributed by atoms with Gasteiger partial charge in [-0.15, -0.1) is 0 Å². The van der Waals surface area contributed by atoms with Crippen molar-refractivity contribution in [2.24, 2.45) is 0 Å². The Bertz CT molecular complexity index is 947. The third-order valence-electron chi connectivity index (χ3n) is 3.87. The summed E-state index contributed by atoms with van der Waals surface area (Å²) in [6.45, 7) is 7.29. The van der Waals surface area contributed by atoms with Crippen molar-refractivity contribution in [1.82, 2.24) is 0 Å². The Kier molecular flexibility index (Phi) is 6.21. The molecular weight excluding hydrogens is 348 g/mol. The van der Waals surface area contributed by atoms with Crippen molar-refractivity contribution in [1.29, 1.82) is 0 Å². The summed E-state index contributed by atoms with van der Waals surface area (Å²) in [5.41, 5.74) is 3.09. The minimum atomic E-state index is -3.77. The summed E-state index contributed by atoms with van der Waals surface area (Å²) in [5, 5.41) is 2.74. The minimum Gasteiger partial charge on any atom is -0.322 e. The molecule has 0 spiro atoms. The number of nitrogens with one attached hydrogen (secondary N) is 2. The van der Waals surface area contributed by atoms with Crippen molar-refractivity contribution in [2.45, 2.75) is 39.0 Å². The quantitative estimate of drug-likeness (QED) is 0.738. The van der Waals surface area contributed by atoms with Crippen LogP contribution in [-0.4, -0.2) is 14.3 Å². The third-order valence-corrected chi connectivity index (χ3v) is 5.40. The van der Waals surface area contributed by atoms with E-state index in [2.05, 4.69) is 10.0 Å². The Morgan fingerprint density at radius 2 is 1.81 bits per heavy atom. The minimum absolute atomic E-state index is 0.133. The molecule has 2 aromatic rings. The number of benzene rings is 2. The molecule has 2 rings (SSSR count). The molecule has 26 heavy (non-hydrogen) atoms. The number of sulfonamides is 1. The largest absolute Gasteiger partial charge is 0.322 e. The summed E-state index contributed by atoms with van der Waals surface area (Å²) in [6, 6.07) is 12.0. The van der Waals surface area contributed by atoms with Crippen LogP contribution in [0.15, 0.2) is 59.0 Å². The second kappa shape index (κ2) is 8.19. The lowest BCUT2D eigenvalue weighted by Gasteiger charge is -2.13. The molecular formula is C20H24N2O3S. The monoisotopic (exact) mass is 372 g/mol. The van der Waals surface area contributed by atoms with Crippen LogP contribution in [-0.2, 0) is 14.8 Å². The zero-order valence-corrected chi connectivity index (χ0v) is 16.3. The SMILES string of the molecule is CCC=C(C)C(=O)Nc1ccc(C)c(S(=O)(=O)Nc2cccc(C)c2)c1. The Labute approximate surface area is 155 Å². The molecule has 0 aromatic heterocycles. The molecule has 0 fully saturated rings. The van der Waals surface area contributed by atoms with Crippen LogP contribution in [0.25, 0.3) is 0 Å². The molecule has 0 atom stereocenters. The number of anilines is 2. The number of carbonyl (C=O) groups excluding carboxylic acids is 1. The van der Waals surface area contributed by atoms with Gasteiger partial charge < -0.3 is 5.32 Å². The first-order valence-corrected chi connectivity index (χ1v) is 9.89. The van der Waals surface area contributed by atoms with Crippen LogP contribution in [0.1, 0.15) is 31.4 Å². The van der Waals surface area contributed by atoms with Crippen molar-refractivity contribution >= 4 is 27.3 Å². The predicted molar refractivity (Wildman–Crippen MR) is 106 cm³/mol. The van der Waals surface area contributed by atoms with Gasteiger partial charge in [0.2, 0.25) is 0 Å². The molecule has 0 aliphatic rings. The lowest BCUT2D eigenvalue weighted by molar-refractivity contribution is -0.112. The van der Waals surface area contributed by atoms with Gasteiger partial charge in [-0.05, 0) is 62.6 Å². The molecule has 2 N–H and O–H groups in total. The van der Waals surface area contributed by atoms with E-state index >= 15 is 0 Å². The van der Waals surface area contributed by atoms with E-state index in [0.717, 1.165) is 12.0 Å². The Morgan fingerprint density at radius 3 is 2.46 bits per heavy atom. The van der Waals surface area contributed by atoms with Crippen molar-refractivity contribution < 1.29 is 13.2 Å². The zero-order valence-electron chi connectivity index (χ0n) is 15.5. The molecule has 0 heterocycles. The molecule has 0 unspecified atom stereocenters. The molecule has 1 amide bonds. The summed E-state index contributed by atoms with van der Waals surface area (Å²) < 4.78 is 28.1. The lowest BCUT2D eigenvalue weighted by Crippen LogP contribution is -2.16. The van der Waals surface area contributed by atoms with Crippen LogP contribution in [0.4, 0.5) is 11.4 Å². The van der Waals surface area contributed by atoms with Crippen LogP contribution in [0.3, 0.4) is 0 Å². The van der Waals surface area contributed by atoms with E-state index in [1.807, 2.05) is 26.0 Å². The smallest absolute Gasteiger partial charge is 0.262 e. The van der Waals surface area contributed by atoms with E-state index in [4.69, 9.17) is 0 Å². The van der Waals surface area contributed by atoms with Crippen LogP contribution < -0.4 is 10.0 Å². The van der Waals surface area contributed by atoms with E-state index in [0.29, 0.717) is 22.5 Å². The zero-order chi connectivity index (χ0) is 19.3. The summed E-state index contributed by atoms with van der Waals surface area (Å²) in [6.07, 6.45) is 2.58. The van der Waals surface area contributed by atoms with Gasteiger partial charge in [0.25, 0.3) is 15.9 Å². The average Bonchev–Trinajstić information content (AvgIpc) is 2.56. The summed E-state index contributed by atoms with van der Waals surface area (Å²) in [7, 11) is -3.77. The first-order valence-electron chi connectivity index (χ1n) is 8.41. The normalized spacial score (nSPS) is 11.9. The summed E-state index contributed by atoms with van der Waals surface area (Å²) in [4.78, 5) is 12.3. The van der Waals surface area contributed by atoms with E-state index in [9.17, 15) is 13.2 Å². The van der Waals surface area contributed by atoms with Gasteiger partial charge in [0.15, 0.2) is 0 Å². The fourth-order valence-corrected chi connectivity index (χ4v) is 3.84. The maximum atomic E-state index is 12.8. The van der Waals surface area contributed by atoms with Crippen LogP contribution in [0.2, 0.25) is 0 Å². The molecule has 0 bridgehead atoms. The molecule has 2 aromatic carbocycles. The summed E-state index contributed by atoms with van der Waals surface area (Å²) in [5.74, 6) is -0.245. The molecule has 0 saturated carbocycles. The van der Waals surface area contributed by atoms with Crippen LogP contribution >= 0.6 is 0 Å². The number of aryl methyl sites for hydroxylation is 2. The fraction of sp³-hybridized carbons (Fsp3) is 0.250. The lowest BCUT2D eigenvalue weighted by atomic mass is 10.2. The predicted octanol–water partition coefficient (Wildman–Crippen LogP) is 4.40. The topological polar surface area (TPSA) is 75.3 Å². The maximum absolute atomic E-state index is 12.8. The molecule has 6 heteroatoms. The molecule has 0 radical (unpaired) electrons. The second-order valence-corrected chi connectivity index (χ2v) is 7.86. The van der Waals surface area contributed by atoms with Gasteiger partial charge in [0, 0.05) is 16.9 Å². The number of allylic oxidation sites excluding steroid dienone is 1. The van der Waals surface area contributed by atoms with Gasteiger partial charge in [0.1, 0.15) is 0 Å². The van der Waals surface area contributed by atoms with Gasteiger partial charge in [0.05, 0.1) is 4.90 Å². The standard InChI is InChI=1S/C20H24N2O3S/c1-5-7-16(4)20(23)21-17-11-10-15(3)19(13-17)26(24,25)22-18-9-6-8-14(2)12-18/h6-13,22H,5H2,1-4H3,(H,21,23). The number of hydrogen-bond donors (Lipinski definition) is 2. The number of rotatable bonds is 6. The van der Waals surface area contributed by atoms with E-state index in [-0.39, 0.29) is 10.8 Å². The highest BCUT2D eigenvalue weighted by Crippen LogP contribution is 2.23. The van der Waals surface area contributed by atoms with Gasteiger partial charge in [-0.2, -0.15) is 0 Å². The highest BCUT2D eigenvalue weighted by atomic mass is 32.2. The first kappa shape index (κ1) is 19.7. The van der Waals surface area contributed by atoms with Crippen molar-refractivity contribution in [3.8, 4) is 0 Å². The van der Waals surface area contributed by atoms with Crippen molar-refractivity contribution in [3.05, 3.63) is 65.2 Å². The highest BCUT2D eigenvalue weighted by molar-refractivity contribution is 7.92. The Balaban J connectivity index is 2.31. The molecule has 138 valence electrons. The van der Waals surface area contributed by atoms with Crippen molar-refractivity contribution in [3.63, 3.8) is 0 Å². The second-order valence-electron chi connectivity index (χ2n) is 6.20. The van der Waals surface area contributed by atoms with Gasteiger partial charge in [-0.1, -0.05) is 31.2 Å². The number of carbonyl (C=O) groups is 1. The molecule has 0 aliphatic carbocycles. The molecule has 0 aliphatic heterocycles. The molecule has 5 nitrogen and oxygen atoms in total. The van der Waals surface area contributed by atoms with Gasteiger partial charge >= 0.3 is 0 Å². The van der Waals surface area contributed by atoms with Gasteiger partial charge in [-0.25, -0.2) is 8.42 Å². The molecule has 0 saturated heterocycles. The number of amides is 1. The third kappa shape index (κ3) is 4.95. The van der Waals surface area contributed by atoms with Crippen molar-refractivity contribution in [2.75, 3.05) is 10.0 Å². The fourth-order valence-electron chi connectivity index (χ4n) is 2.51.